The highest BCUT2D eigenvalue weighted by Gasteiger charge is 2.24. The van der Waals surface area contributed by atoms with Gasteiger partial charge in [-0.25, -0.2) is 0 Å². The van der Waals surface area contributed by atoms with Gasteiger partial charge in [0.25, 0.3) is 0 Å². The van der Waals surface area contributed by atoms with Crippen molar-refractivity contribution in [3.8, 4) is 0 Å². The average Bonchev–Trinajstić information content (AvgIpc) is 2.38. The normalized spacial score (nSPS) is 23.5. The molecule has 0 radical (unpaired) electrons. The van der Waals surface area contributed by atoms with Crippen LogP contribution in [-0.4, -0.2) is 4.32 Å². The average molecular weight is 291 g/mol. The summed E-state index contributed by atoms with van der Waals surface area (Å²) in [6, 6.07) is 10.6. The zero-order chi connectivity index (χ0) is 12.1. The maximum absolute atomic E-state index is 3.87. The smallest absolute Gasteiger partial charge is 0.0474 e. The van der Waals surface area contributed by atoms with Crippen LogP contribution in [0.1, 0.15) is 38.2 Å². The summed E-state index contributed by atoms with van der Waals surface area (Å²) in [6.07, 6.45) is 11.8. The number of hydrogen-bond acceptors (Lipinski definition) is 0. The van der Waals surface area contributed by atoms with Crippen LogP contribution in [0.5, 0.6) is 0 Å². The van der Waals surface area contributed by atoms with Crippen LogP contribution < -0.4 is 0 Å². The summed E-state index contributed by atoms with van der Waals surface area (Å²) in [5.74, 6) is 0. The summed E-state index contributed by atoms with van der Waals surface area (Å²) in [7, 11) is 0. The van der Waals surface area contributed by atoms with Crippen LogP contribution in [0, 0.1) is 0 Å². The lowest BCUT2D eigenvalue weighted by Crippen LogP contribution is -2.18. The van der Waals surface area contributed by atoms with Crippen molar-refractivity contribution < 1.29 is 0 Å². The summed E-state index contributed by atoms with van der Waals surface area (Å²) in [4.78, 5) is 0. The Morgan fingerprint density at radius 2 is 2.00 bits per heavy atom. The van der Waals surface area contributed by atoms with Gasteiger partial charge in [-0.05, 0) is 24.0 Å². The molecular formula is C16H19Br. The fourth-order valence-electron chi connectivity index (χ4n) is 2.16. The molecule has 1 atom stereocenters. The Balaban J connectivity index is 2.06. The van der Waals surface area contributed by atoms with Gasteiger partial charge in [-0.2, -0.15) is 0 Å². The maximum atomic E-state index is 3.87. The molecule has 0 saturated heterocycles. The Morgan fingerprint density at radius 1 is 1.24 bits per heavy atom. The summed E-state index contributed by atoms with van der Waals surface area (Å²) >= 11 is 3.87. The lowest BCUT2D eigenvalue weighted by molar-refractivity contribution is 0.610. The van der Waals surface area contributed by atoms with Crippen molar-refractivity contribution in [2.45, 2.75) is 36.9 Å². The van der Waals surface area contributed by atoms with Gasteiger partial charge in [-0.1, -0.05) is 84.3 Å². The second-order valence-electron chi connectivity index (χ2n) is 4.70. The monoisotopic (exact) mass is 290 g/mol. The van der Waals surface area contributed by atoms with Crippen LogP contribution in [0.25, 0.3) is 5.57 Å². The molecule has 2 rings (SSSR count). The first-order valence-corrected chi connectivity index (χ1v) is 7.16. The molecule has 0 heterocycles. The Hall–Kier alpha value is -0.820. The molecule has 1 aromatic rings. The third-order valence-corrected chi connectivity index (χ3v) is 4.26. The van der Waals surface area contributed by atoms with E-state index in [0.29, 0.717) is 0 Å². The van der Waals surface area contributed by atoms with Gasteiger partial charge in [0.2, 0.25) is 0 Å². The van der Waals surface area contributed by atoms with E-state index >= 15 is 0 Å². The summed E-state index contributed by atoms with van der Waals surface area (Å²) < 4.78 is 0.196. The van der Waals surface area contributed by atoms with Gasteiger partial charge >= 0.3 is 0 Å². The highest BCUT2D eigenvalue weighted by atomic mass is 79.9. The third kappa shape index (κ3) is 3.32. The van der Waals surface area contributed by atoms with Crippen LogP contribution in [-0.2, 0) is 0 Å². The van der Waals surface area contributed by atoms with E-state index in [9.17, 15) is 0 Å². The number of allylic oxidation sites excluding steroid dienone is 4. The first-order chi connectivity index (χ1) is 8.23. The second kappa shape index (κ2) is 5.68. The van der Waals surface area contributed by atoms with Crippen LogP contribution >= 0.6 is 15.9 Å². The lowest BCUT2D eigenvalue weighted by atomic mass is 9.89. The van der Waals surface area contributed by atoms with Gasteiger partial charge in [0.1, 0.15) is 0 Å². The van der Waals surface area contributed by atoms with E-state index in [1.165, 1.54) is 30.4 Å². The van der Waals surface area contributed by atoms with Crippen molar-refractivity contribution in [1.29, 1.82) is 0 Å². The van der Waals surface area contributed by atoms with E-state index in [0.717, 1.165) is 6.42 Å². The third-order valence-electron chi connectivity index (χ3n) is 3.28. The number of benzene rings is 1. The largest absolute Gasteiger partial charge is 0.0804 e. The molecule has 0 nitrogen and oxygen atoms in total. The fraction of sp³-hybridized carbons (Fsp3) is 0.375. The van der Waals surface area contributed by atoms with Crippen molar-refractivity contribution in [1.82, 2.24) is 0 Å². The van der Waals surface area contributed by atoms with E-state index in [1.54, 1.807) is 0 Å². The highest BCUT2D eigenvalue weighted by molar-refractivity contribution is 9.10. The van der Waals surface area contributed by atoms with Gasteiger partial charge in [0, 0.05) is 4.32 Å². The number of rotatable bonds is 4. The Morgan fingerprint density at radius 3 is 2.59 bits per heavy atom. The lowest BCUT2D eigenvalue weighted by Gasteiger charge is -2.26. The maximum Gasteiger partial charge on any atom is 0.0474 e. The van der Waals surface area contributed by atoms with Crippen molar-refractivity contribution >= 4 is 21.5 Å². The second-order valence-corrected chi connectivity index (χ2v) is 6.28. The van der Waals surface area contributed by atoms with Crippen LogP contribution in [0.4, 0.5) is 0 Å². The van der Waals surface area contributed by atoms with E-state index in [2.05, 4.69) is 71.4 Å². The van der Waals surface area contributed by atoms with E-state index in [-0.39, 0.29) is 4.32 Å². The molecule has 0 N–H and O–H groups in total. The Labute approximate surface area is 113 Å². The van der Waals surface area contributed by atoms with Gasteiger partial charge < -0.3 is 0 Å². The molecule has 1 heteroatoms. The summed E-state index contributed by atoms with van der Waals surface area (Å²) in [5, 5.41) is 0. The predicted molar refractivity (Wildman–Crippen MR) is 79.4 cm³/mol. The molecule has 0 fully saturated rings. The zero-order valence-electron chi connectivity index (χ0n) is 10.3. The SMILES string of the molecule is CCCCC1(Br)C=CC(c2ccccc2)=CC1. The molecule has 0 aromatic heterocycles. The quantitative estimate of drug-likeness (QED) is 0.656. The molecule has 1 unspecified atom stereocenters. The molecule has 0 spiro atoms. The first kappa shape index (κ1) is 12.6. The molecule has 0 amide bonds. The molecule has 90 valence electrons. The number of alkyl halides is 1. The van der Waals surface area contributed by atoms with E-state index in [1.807, 2.05) is 0 Å². The first-order valence-electron chi connectivity index (χ1n) is 6.37. The molecule has 1 aliphatic rings. The van der Waals surface area contributed by atoms with E-state index < -0.39 is 0 Å². The highest BCUT2D eigenvalue weighted by Crippen LogP contribution is 2.36. The topological polar surface area (TPSA) is 0 Å². The minimum absolute atomic E-state index is 0.196. The Kier molecular flexibility index (Phi) is 4.22. The number of hydrogen-bond donors (Lipinski definition) is 0. The van der Waals surface area contributed by atoms with Crippen molar-refractivity contribution in [2.24, 2.45) is 0 Å². The Bertz CT molecular complexity index is 416. The molecule has 0 saturated carbocycles. The minimum Gasteiger partial charge on any atom is -0.0804 e. The van der Waals surface area contributed by atoms with Gasteiger partial charge in [-0.3, -0.25) is 0 Å². The van der Waals surface area contributed by atoms with Crippen LogP contribution in [0.3, 0.4) is 0 Å². The fourth-order valence-corrected chi connectivity index (χ4v) is 2.73. The number of unbranched alkanes of at least 4 members (excludes halogenated alkanes) is 1. The van der Waals surface area contributed by atoms with Gasteiger partial charge in [-0.15, -0.1) is 0 Å². The summed E-state index contributed by atoms with van der Waals surface area (Å²) in [5.41, 5.74) is 2.66. The molecule has 1 aromatic carbocycles. The van der Waals surface area contributed by atoms with Gasteiger partial charge in [0.05, 0.1) is 0 Å². The number of halogens is 1. The molecular weight excluding hydrogens is 272 g/mol. The predicted octanol–water partition coefficient (Wildman–Crippen LogP) is 5.35. The summed E-state index contributed by atoms with van der Waals surface area (Å²) in [6.45, 7) is 2.24. The molecule has 0 aliphatic heterocycles. The zero-order valence-corrected chi connectivity index (χ0v) is 11.9. The van der Waals surface area contributed by atoms with E-state index in [4.69, 9.17) is 0 Å². The van der Waals surface area contributed by atoms with Crippen molar-refractivity contribution in [3.05, 3.63) is 54.1 Å². The van der Waals surface area contributed by atoms with Crippen molar-refractivity contribution in [3.63, 3.8) is 0 Å². The van der Waals surface area contributed by atoms with Crippen molar-refractivity contribution in [2.75, 3.05) is 0 Å². The van der Waals surface area contributed by atoms with Crippen LogP contribution in [0.2, 0.25) is 0 Å². The molecule has 1 aliphatic carbocycles. The van der Waals surface area contributed by atoms with Crippen LogP contribution in [0.15, 0.2) is 48.6 Å². The molecule has 0 bridgehead atoms. The molecule has 17 heavy (non-hydrogen) atoms. The van der Waals surface area contributed by atoms with Gasteiger partial charge in [0.15, 0.2) is 0 Å². The minimum atomic E-state index is 0.196. The standard InChI is InChI=1S/C16H19Br/c1-2-3-11-16(17)12-9-15(10-13-16)14-7-5-4-6-8-14/h4-10,12H,2-3,11,13H2,1H3.